The number of hydrogen-bond acceptors (Lipinski definition) is 5. The largest absolute Gasteiger partial charge is 0.321 e. The smallest absolute Gasteiger partial charge is 0.252 e. The second kappa shape index (κ2) is 10.2. The number of rotatable bonds is 8. The lowest BCUT2D eigenvalue weighted by Crippen LogP contribution is -2.28. The Bertz CT molecular complexity index is 1540. The quantitative estimate of drug-likeness (QED) is 0.352. The van der Waals surface area contributed by atoms with Crippen LogP contribution >= 0.6 is 0 Å². The fraction of sp³-hybridized carbons (Fsp3) is 0.214. The molecule has 2 heterocycles. The molecule has 182 valence electrons. The lowest BCUT2D eigenvalue weighted by Gasteiger charge is -2.22. The van der Waals surface area contributed by atoms with Crippen molar-refractivity contribution in [2.45, 2.75) is 40.0 Å². The molecule has 5 rings (SSSR count). The normalized spacial score (nSPS) is 11.4. The zero-order chi connectivity index (χ0) is 25.1. The Labute approximate surface area is 208 Å². The summed E-state index contributed by atoms with van der Waals surface area (Å²) in [4.78, 5) is 18.2. The molecule has 5 aromatic rings. The van der Waals surface area contributed by atoms with Gasteiger partial charge in [-0.15, -0.1) is 5.10 Å². The molecule has 3 aromatic carbocycles. The third-order valence-electron chi connectivity index (χ3n) is 6.23. The van der Waals surface area contributed by atoms with E-state index in [1.807, 2.05) is 50.2 Å². The SMILES string of the molecule is Cc1cc(C)c2[nH]c(=O)c(CN(Cc3ccc(F)cc3)Cc3nnnn3Cc3ccccc3)cc2c1. The predicted molar refractivity (Wildman–Crippen MR) is 137 cm³/mol. The zero-order valence-electron chi connectivity index (χ0n) is 20.3. The molecule has 8 heteroatoms. The van der Waals surface area contributed by atoms with E-state index in [0.29, 0.717) is 37.6 Å². The number of fused-ring (bicyclic) bond motifs is 1. The van der Waals surface area contributed by atoms with Crippen molar-refractivity contribution in [3.8, 4) is 0 Å². The fourth-order valence-electron chi connectivity index (χ4n) is 4.52. The van der Waals surface area contributed by atoms with Gasteiger partial charge in [-0.05, 0) is 70.6 Å². The summed E-state index contributed by atoms with van der Waals surface area (Å²) < 4.78 is 15.3. The molecule has 0 bridgehead atoms. The van der Waals surface area contributed by atoms with E-state index in [1.54, 1.807) is 16.8 Å². The number of pyridine rings is 1. The van der Waals surface area contributed by atoms with Crippen LogP contribution in [0.15, 0.2) is 77.6 Å². The van der Waals surface area contributed by atoms with Crippen molar-refractivity contribution in [3.05, 3.63) is 123 Å². The van der Waals surface area contributed by atoms with E-state index in [2.05, 4.69) is 37.5 Å². The molecule has 0 aliphatic rings. The first-order valence-corrected chi connectivity index (χ1v) is 11.8. The van der Waals surface area contributed by atoms with Crippen LogP contribution in [0.5, 0.6) is 0 Å². The Morgan fingerprint density at radius 1 is 0.917 bits per heavy atom. The molecular formula is C28H27FN6O. The molecule has 36 heavy (non-hydrogen) atoms. The van der Waals surface area contributed by atoms with Crippen LogP contribution in [-0.4, -0.2) is 30.1 Å². The molecule has 0 aliphatic carbocycles. The number of nitrogens with zero attached hydrogens (tertiary/aromatic N) is 5. The van der Waals surface area contributed by atoms with E-state index in [0.717, 1.165) is 33.2 Å². The minimum Gasteiger partial charge on any atom is -0.321 e. The van der Waals surface area contributed by atoms with Crippen molar-refractivity contribution in [2.75, 3.05) is 0 Å². The van der Waals surface area contributed by atoms with E-state index in [-0.39, 0.29) is 11.4 Å². The topological polar surface area (TPSA) is 79.7 Å². The second-order valence-electron chi connectivity index (χ2n) is 9.18. The van der Waals surface area contributed by atoms with Gasteiger partial charge in [0.15, 0.2) is 5.82 Å². The number of hydrogen-bond donors (Lipinski definition) is 1. The molecular weight excluding hydrogens is 455 g/mol. The van der Waals surface area contributed by atoms with Crippen molar-refractivity contribution in [3.63, 3.8) is 0 Å². The van der Waals surface area contributed by atoms with E-state index >= 15 is 0 Å². The summed E-state index contributed by atoms with van der Waals surface area (Å²) in [6.07, 6.45) is 0. The molecule has 0 radical (unpaired) electrons. The van der Waals surface area contributed by atoms with Gasteiger partial charge in [0.25, 0.3) is 5.56 Å². The first-order valence-electron chi connectivity index (χ1n) is 11.8. The maximum atomic E-state index is 13.5. The van der Waals surface area contributed by atoms with Crippen LogP contribution in [0, 0.1) is 19.7 Å². The summed E-state index contributed by atoms with van der Waals surface area (Å²) in [6, 6.07) is 22.5. The van der Waals surface area contributed by atoms with Gasteiger partial charge in [-0.1, -0.05) is 54.1 Å². The summed E-state index contributed by atoms with van der Waals surface area (Å²) in [5.41, 5.74) is 5.58. The molecule has 0 atom stereocenters. The van der Waals surface area contributed by atoms with Crippen LogP contribution in [0.3, 0.4) is 0 Å². The van der Waals surface area contributed by atoms with E-state index < -0.39 is 0 Å². The monoisotopic (exact) mass is 482 g/mol. The van der Waals surface area contributed by atoms with Gasteiger partial charge in [0.1, 0.15) is 5.82 Å². The summed E-state index contributed by atoms with van der Waals surface area (Å²) in [7, 11) is 0. The third kappa shape index (κ3) is 5.39. The minimum absolute atomic E-state index is 0.123. The van der Waals surface area contributed by atoms with Gasteiger partial charge in [-0.3, -0.25) is 9.69 Å². The number of tetrazole rings is 1. The van der Waals surface area contributed by atoms with Gasteiger partial charge in [-0.2, -0.15) is 0 Å². The van der Waals surface area contributed by atoms with Crippen LogP contribution in [-0.2, 0) is 26.2 Å². The molecule has 0 amide bonds. The second-order valence-corrected chi connectivity index (χ2v) is 9.18. The highest BCUT2D eigenvalue weighted by Gasteiger charge is 2.16. The fourth-order valence-corrected chi connectivity index (χ4v) is 4.52. The van der Waals surface area contributed by atoms with Gasteiger partial charge in [0, 0.05) is 18.7 Å². The molecule has 0 fully saturated rings. The predicted octanol–water partition coefficient (Wildman–Crippen LogP) is 4.52. The van der Waals surface area contributed by atoms with Gasteiger partial charge in [0.2, 0.25) is 0 Å². The lowest BCUT2D eigenvalue weighted by atomic mass is 10.0. The van der Waals surface area contributed by atoms with Gasteiger partial charge < -0.3 is 4.98 Å². The van der Waals surface area contributed by atoms with Crippen LogP contribution in [0.25, 0.3) is 10.9 Å². The van der Waals surface area contributed by atoms with Crippen LogP contribution < -0.4 is 5.56 Å². The van der Waals surface area contributed by atoms with Crippen molar-refractivity contribution in [1.82, 2.24) is 30.1 Å². The first-order chi connectivity index (χ1) is 17.4. The molecule has 0 aliphatic heterocycles. The van der Waals surface area contributed by atoms with Crippen LogP contribution in [0.2, 0.25) is 0 Å². The zero-order valence-corrected chi connectivity index (χ0v) is 20.3. The molecule has 0 spiro atoms. The van der Waals surface area contributed by atoms with Crippen molar-refractivity contribution >= 4 is 10.9 Å². The van der Waals surface area contributed by atoms with Gasteiger partial charge in [0.05, 0.1) is 18.6 Å². The molecule has 0 saturated heterocycles. The Morgan fingerprint density at radius 2 is 1.69 bits per heavy atom. The van der Waals surface area contributed by atoms with E-state index in [1.165, 1.54) is 12.1 Å². The highest BCUT2D eigenvalue weighted by molar-refractivity contribution is 5.82. The summed E-state index contributed by atoms with van der Waals surface area (Å²) in [5, 5.41) is 13.3. The highest BCUT2D eigenvalue weighted by atomic mass is 19.1. The number of aryl methyl sites for hydroxylation is 2. The number of nitrogens with one attached hydrogen (secondary N) is 1. The molecule has 0 unspecified atom stereocenters. The maximum Gasteiger partial charge on any atom is 0.252 e. The number of aromatic nitrogens is 5. The number of halogens is 1. The summed E-state index contributed by atoms with van der Waals surface area (Å²) in [5.74, 6) is 0.402. The van der Waals surface area contributed by atoms with Crippen LogP contribution in [0.1, 0.15) is 33.6 Å². The average molecular weight is 483 g/mol. The standard InChI is InChI=1S/C28H27FN6O/c1-19-12-20(2)27-23(13-19)14-24(28(36)30-27)17-34(15-22-8-10-25(29)11-9-22)18-26-31-32-33-35(26)16-21-6-4-3-5-7-21/h3-14H,15-18H2,1-2H3,(H,30,36). The maximum absolute atomic E-state index is 13.5. The van der Waals surface area contributed by atoms with Gasteiger partial charge >= 0.3 is 0 Å². The molecule has 1 N–H and O–H groups in total. The Kier molecular flexibility index (Phi) is 6.69. The molecule has 0 saturated carbocycles. The number of aromatic amines is 1. The van der Waals surface area contributed by atoms with Crippen LogP contribution in [0.4, 0.5) is 4.39 Å². The summed E-state index contributed by atoms with van der Waals surface area (Å²) in [6.45, 7) is 5.89. The van der Waals surface area contributed by atoms with E-state index in [9.17, 15) is 9.18 Å². The Balaban J connectivity index is 1.46. The summed E-state index contributed by atoms with van der Waals surface area (Å²) >= 11 is 0. The molecule has 2 aromatic heterocycles. The third-order valence-corrected chi connectivity index (χ3v) is 6.23. The van der Waals surface area contributed by atoms with Crippen molar-refractivity contribution < 1.29 is 4.39 Å². The lowest BCUT2D eigenvalue weighted by molar-refractivity contribution is 0.236. The minimum atomic E-state index is -0.284. The Morgan fingerprint density at radius 3 is 2.47 bits per heavy atom. The molecule has 7 nitrogen and oxygen atoms in total. The first kappa shape index (κ1) is 23.6. The number of H-pyrrole nitrogens is 1. The number of benzene rings is 3. The van der Waals surface area contributed by atoms with Crippen molar-refractivity contribution in [2.24, 2.45) is 0 Å². The Hall–Kier alpha value is -4.17. The van der Waals surface area contributed by atoms with E-state index in [4.69, 9.17) is 0 Å². The van der Waals surface area contributed by atoms with Gasteiger partial charge in [-0.25, -0.2) is 9.07 Å². The van der Waals surface area contributed by atoms with Crippen molar-refractivity contribution in [1.29, 1.82) is 0 Å². The highest BCUT2D eigenvalue weighted by Crippen LogP contribution is 2.20. The average Bonchev–Trinajstić information content (AvgIpc) is 3.28.